The smallest absolute Gasteiger partial charge is 0.263 e. The number of hydrogen-bond acceptors (Lipinski definition) is 6. The third-order valence-electron chi connectivity index (χ3n) is 4.06. The van der Waals surface area contributed by atoms with E-state index in [1.807, 2.05) is 18.2 Å². The fourth-order valence-electron chi connectivity index (χ4n) is 2.70. The number of nitrogens with zero attached hydrogens (tertiary/aromatic N) is 1. The van der Waals surface area contributed by atoms with Crippen molar-refractivity contribution < 1.29 is 22.7 Å². The van der Waals surface area contributed by atoms with Crippen molar-refractivity contribution in [1.82, 2.24) is 9.62 Å². The van der Waals surface area contributed by atoms with Gasteiger partial charge in [-0.05, 0) is 17.5 Å². The molecule has 140 valence electrons. The molecule has 0 bridgehead atoms. The standard InChI is InChI=1S/C17H20N2O5S2/c1-23-14-5-3-2-4-13(14)12-18-17(20)16-15(6-11-25-16)26(21,22)19-7-9-24-10-8-19/h2-6,11H,7-10,12H2,1H3,(H,18,20). The van der Waals surface area contributed by atoms with Crippen molar-refractivity contribution in [2.45, 2.75) is 11.4 Å². The van der Waals surface area contributed by atoms with Crippen LogP contribution in [0.1, 0.15) is 15.2 Å². The summed E-state index contributed by atoms with van der Waals surface area (Å²) in [5, 5.41) is 4.39. The van der Waals surface area contributed by atoms with Crippen LogP contribution in [0.4, 0.5) is 0 Å². The van der Waals surface area contributed by atoms with Gasteiger partial charge in [0, 0.05) is 25.2 Å². The number of amides is 1. The molecule has 1 saturated heterocycles. The zero-order valence-electron chi connectivity index (χ0n) is 14.3. The number of carbonyl (C=O) groups excluding carboxylic acids is 1. The molecule has 26 heavy (non-hydrogen) atoms. The molecule has 1 N–H and O–H groups in total. The van der Waals surface area contributed by atoms with E-state index >= 15 is 0 Å². The van der Waals surface area contributed by atoms with Crippen LogP contribution in [0.25, 0.3) is 0 Å². The lowest BCUT2D eigenvalue weighted by atomic mass is 10.2. The van der Waals surface area contributed by atoms with Gasteiger partial charge >= 0.3 is 0 Å². The van der Waals surface area contributed by atoms with Gasteiger partial charge in [-0.3, -0.25) is 4.79 Å². The largest absolute Gasteiger partial charge is 0.496 e. The molecule has 9 heteroatoms. The number of carbonyl (C=O) groups is 1. The van der Waals surface area contributed by atoms with Crippen molar-refractivity contribution in [2.75, 3.05) is 33.4 Å². The maximum absolute atomic E-state index is 12.8. The predicted molar refractivity (Wildman–Crippen MR) is 98.1 cm³/mol. The normalized spacial score (nSPS) is 15.6. The molecule has 1 aromatic heterocycles. The molecular formula is C17H20N2O5S2. The molecule has 0 atom stereocenters. The fraction of sp³-hybridized carbons (Fsp3) is 0.353. The van der Waals surface area contributed by atoms with E-state index in [0.29, 0.717) is 32.1 Å². The molecule has 0 saturated carbocycles. The minimum absolute atomic E-state index is 0.0435. The lowest BCUT2D eigenvalue weighted by molar-refractivity contribution is 0.0730. The Morgan fingerprint density at radius 2 is 2.00 bits per heavy atom. The maximum atomic E-state index is 12.8. The van der Waals surface area contributed by atoms with Gasteiger partial charge in [0.15, 0.2) is 0 Å². The fourth-order valence-corrected chi connectivity index (χ4v) is 5.42. The van der Waals surface area contributed by atoms with E-state index < -0.39 is 15.9 Å². The summed E-state index contributed by atoms with van der Waals surface area (Å²) in [5.41, 5.74) is 0.817. The minimum atomic E-state index is -3.71. The molecule has 0 unspecified atom stereocenters. The van der Waals surface area contributed by atoms with Crippen molar-refractivity contribution in [2.24, 2.45) is 0 Å². The average Bonchev–Trinajstić information content (AvgIpc) is 3.18. The van der Waals surface area contributed by atoms with Crippen molar-refractivity contribution in [3.8, 4) is 5.75 Å². The molecule has 1 aliphatic rings. The number of hydrogen-bond donors (Lipinski definition) is 1. The lowest BCUT2D eigenvalue weighted by Gasteiger charge is -2.26. The number of morpholine rings is 1. The van der Waals surface area contributed by atoms with E-state index in [1.165, 1.54) is 10.4 Å². The quantitative estimate of drug-likeness (QED) is 0.804. The first kappa shape index (κ1) is 18.8. The number of rotatable bonds is 6. The van der Waals surface area contributed by atoms with Gasteiger partial charge < -0.3 is 14.8 Å². The van der Waals surface area contributed by atoms with Crippen LogP contribution in [0.15, 0.2) is 40.6 Å². The zero-order chi connectivity index (χ0) is 18.6. The molecule has 2 aromatic rings. The molecule has 1 amide bonds. The summed E-state index contributed by atoms with van der Waals surface area (Å²) in [5.74, 6) is 0.248. The van der Waals surface area contributed by atoms with Crippen LogP contribution < -0.4 is 10.1 Å². The van der Waals surface area contributed by atoms with Gasteiger partial charge in [-0.2, -0.15) is 4.31 Å². The Labute approximate surface area is 156 Å². The minimum Gasteiger partial charge on any atom is -0.496 e. The summed E-state index contributed by atoms with van der Waals surface area (Å²) in [6, 6.07) is 8.83. The number of ether oxygens (including phenoxy) is 2. The van der Waals surface area contributed by atoms with Crippen LogP contribution in [0, 0.1) is 0 Å². The Kier molecular flexibility index (Phi) is 5.92. The molecule has 1 fully saturated rings. The summed E-state index contributed by atoms with van der Waals surface area (Å²) in [6.45, 7) is 1.55. The summed E-state index contributed by atoms with van der Waals surface area (Å²) >= 11 is 1.11. The maximum Gasteiger partial charge on any atom is 0.263 e. The van der Waals surface area contributed by atoms with Gasteiger partial charge in [0.25, 0.3) is 5.91 Å². The molecule has 1 aliphatic heterocycles. The van der Waals surface area contributed by atoms with E-state index in [2.05, 4.69) is 5.32 Å². The van der Waals surface area contributed by atoms with Crippen LogP contribution in [0.3, 0.4) is 0 Å². The van der Waals surface area contributed by atoms with Crippen LogP contribution in [-0.2, 0) is 21.3 Å². The number of nitrogens with one attached hydrogen (secondary N) is 1. The molecule has 7 nitrogen and oxygen atoms in total. The van der Waals surface area contributed by atoms with Crippen LogP contribution in [0.2, 0.25) is 0 Å². The zero-order valence-corrected chi connectivity index (χ0v) is 15.9. The molecule has 0 aliphatic carbocycles. The van der Waals surface area contributed by atoms with E-state index in [-0.39, 0.29) is 16.3 Å². The molecule has 0 radical (unpaired) electrons. The second-order valence-corrected chi connectivity index (χ2v) is 8.45. The highest BCUT2D eigenvalue weighted by Gasteiger charge is 2.31. The Bertz CT molecular complexity index is 873. The average molecular weight is 396 g/mol. The van der Waals surface area contributed by atoms with Gasteiger partial charge in [-0.15, -0.1) is 11.3 Å². The second-order valence-electron chi connectivity index (χ2n) is 5.62. The predicted octanol–water partition coefficient (Wildman–Crippen LogP) is 1.71. The monoisotopic (exact) mass is 396 g/mol. The van der Waals surface area contributed by atoms with Gasteiger partial charge in [0.05, 0.1) is 20.3 Å². The molecule has 2 heterocycles. The van der Waals surface area contributed by atoms with Crippen molar-refractivity contribution >= 4 is 27.3 Å². The lowest BCUT2D eigenvalue weighted by Crippen LogP contribution is -2.41. The third kappa shape index (κ3) is 3.90. The number of sulfonamides is 1. The van der Waals surface area contributed by atoms with Crippen molar-refractivity contribution in [1.29, 1.82) is 0 Å². The highest BCUT2D eigenvalue weighted by atomic mass is 32.2. The number of methoxy groups -OCH3 is 1. The summed E-state index contributed by atoms with van der Waals surface area (Å²) in [4.78, 5) is 12.8. The first-order chi connectivity index (χ1) is 12.5. The summed E-state index contributed by atoms with van der Waals surface area (Å²) in [6.07, 6.45) is 0. The third-order valence-corrected chi connectivity index (χ3v) is 7.04. The Hall–Kier alpha value is -1.94. The number of benzene rings is 1. The SMILES string of the molecule is COc1ccccc1CNC(=O)c1sccc1S(=O)(=O)N1CCOCC1. The Balaban J connectivity index is 1.76. The Morgan fingerprint density at radius 1 is 1.27 bits per heavy atom. The molecular weight excluding hydrogens is 376 g/mol. The van der Waals surface area contributed by atoms with Crippen LogP contribution >= 0.6 is 11.3 Å². The van der Waals surface area contributed by atoms with Gasteiger partial charge in [-0.25, -0.2) is 8.42 Å². The highest BCUT2D eigenvalue weighted by Crippen LogP contribution is 2.26. The van der Waals surface area contributed by atoms with Crippen LogP contribution in [0.5, 0.6) is 5.75 Å². The van der Waals surface area contributed by atoms with Gasteiger partial charge in [-0.1, -0.05) is 18.2 Å². The van der Waals surface area contributed by atoms with Crippen molar-refractivity contribution in [3.05, 3.63) is 46.2 Å². The number of thiophene rings is 1. The highest BCUT2D eigenvalue weighted by molar-refractivity contribution is 7.89. The Morgan fingerprint density at radius 3 is 2.73 bits per heavy atom. The second kappa shape index (κ2) is 8.17. The van der Waals surface area contributed by atoms with E-state index in [9.17, 15) is 13.2 Å². The molecule has 1 aromatic carbocycles. The van der Waals surface area contributed by atoms with E-state index in [0.717, 1.165) is 16.9 Å². The van der Waals surface area contributed by atoms with Crippen molar-refractivity contribution in [3.63, 3.8) is 0 Å². The van der Waals surface area contributed by atoms with Gasteiger partial charge in [0.1, 0.15) is 15.5 Å². The first-order valence-corrected chi connectivity index (χ1v) is 10.4. The topological polar surface area (TPSA) is 84.9 Å². The summed E-state index contributed by atoms with van der Waals surface area (Å²) < 4.78 is 37.5. The molecule has 3 rings (SSSR count). The first-order valence-electron chi connectivity index (χ1n) is 8.09. The molecule has 0 spiro atoms. The van der Waals surface area contributed by atoms with Gasteiger partial charge in [0.2, 0.25) is 10.0 Å². The number of para-hydroxylation sites is 1. The van der Waals surface area contributed by atoms with Crippen LogP contribution in [-0.4, -0.2) is 52.0 Å². The van der Waals surface area contributed by atoms with E-state index in [1.54, 1.807) is 18.6 Å². The summed E-state index contributed by atoms with van der Waals surface area (Å²) in [7, 11) is -2.15. The van der Waals surface area contributed by atoms with E-state index in [4.69, 9.17) is 9.47 Å².